The first-order chi connectivity index (χ1) is 8.86. The fourth-order valence-electron chi connectivity index (χ4n) is 1.38. The smallest absolute Gasteiger partial charge is 0.319 e. The molecule has 104 valence electrons. The molecule has 0 spiro atoms. The summed E-state index contributed by atoms with van der Waals surface area (Å²) < 4.78 is 17.9. The number of carbonyl (C=O) groups is 2. The molecule has 0 aliphatic heterocycles. The van der Waals surface area contributed by atoms with Crippen molar-refractivity contribution in [2.75, 3.05) is 19.0 Å². The van der Waals surface area contributed by atoms with Crippen LogP contribution in [0, 0.1) is 11.2 Å². The summed E-state index contributed by atoms with van der Waals surface area (Å²) in [7, 11) is 1.28. The third-order valence-electron chi connectivity index (χ3n) is 2.55. The first-order valence-electron chi connectivity index (χ1n) is 5.74. The molecule has 0 radical (unpaired) electrons. The van der Waals surface area contributed by atoms with Gasteiger partial charge in [0.05, 0.1) is 18.2 Å². The Labute approximate surface area is 111 Å². The Bertz CT molecular complexity index is 475. The lowest BCUT2D eigenvalue weighted by atomic mass is 9.94. The lowest BCUT2D eigenvalue weighted by Crippen LogP contribution is -2.41. The van der Waals surface area contributed by atoms with Crippen LogP contribution >= 0.6 is 0 Å². The molecule has 0 fully saturated rings. The Morgan fingerprint density at radius 3 is 2.53 bits per heavy atom. The highest BCUT2D eigenvalue weighted by Crippen LogP contribution is 2.16. The van der Waals surface area contributed by atoms with Crippen LogP contribution in [-0.4, -0.2) is 25.7 Å². The highest BCUT2D eigenvalue weighted by molar-refractivity contribution is 5.89. The van der Waals surface area contributed by atoms with Gasteiger partial charge in [0, 0.05) is 6.54 Å². The maximum absolute atomic E-state index is 13.3. The van der Waals surface area contributed by atoms with E-state index >= 15 is 0 Å². The van der Waals surface area contributed by atoms with Crippen LogP contribution in [-0.2, 0) is 9.53 Å². The molecule has 0 atom stereocenters. The molecule has 0 bridgehead atoms. The first kappa shape index (κ1) is 14.9. The van der Waals surface area contributed by atoms with Crippen LogP contribution in [0.15, 0.2) is 24.3 Å². The van der Waals surface area contributed by atoms with Gasteiger partial charge in [-0.3, -0.25) is 4.79 Å². The molecule has 0 unspecified atom stereocenters. The maximum Gasteiger partial charge on any atom is 0.319 e. The zero-order valence-corrected chi connectivity index (χ0v) is 11.1. The summed E-state index contributed by atoms with van der Waals surface area (Å²) in [5.74, 6) is -0.955. The fourth-order valence-corrected chi connectivity index (χ4v) is 1.38. The number of urea groups is 1. The zero-order valence-electron chi connectivity index (χ0n) is 11.1. The lowest BCUT2D eigenvalue weighted by Gasteiger charge is -2.21. The van der Waals surface area contributed by atoms with Gasteiger partial charge in [-0.05, 0) is 26.0 Å². The van der Waals surface area contributed by atoms with Crippen LogP contribution in [0.25, 0.3) is 0 Å². The second kappa shape index (κ2) is 6.17. The Hall–Kier alpha value is -2.11. The minimum Gasteiger partial charge on any atom is -0.469 e. The number of ether oxygens (including phenoxy) is 1. The molecule has 0 aliphatic rings. The van der Waals surface area contributed by atoms with E-state index in [2.05, 4.69) is 15.4 Å². The molecule has 2 N–H and O–H groups in total. The topological polar surface area (TPSA) is 67.4 Å². The van der Waals surface area contributed by atoms with Crippen LogP contribution in [0.3, 0.4) is 0 Å². The Kier molecular flexibility index (Phi) is 4.86. The van der Waals surface area contributed by atoms with Crippen molar-refractivity contribution in [3.05, 3.63) is 30.1 Å². The Morgan fingerprint density at radius 2 is 1.95 bits per heavy atom. The van der Waals surface area contributed by atoms with Gasteiger partial charge in [-0.15, -0.1) is 0 Å². The van der Waals surface area contributed by atoms with Crippen LogP contribution in [0.4, 0.5) is 14.9 Å². The van der Waals surface area contributed by atoms with Gasteiger partial charge in [-0.25, -0.2) is 9.18 Å². The summed E-state index contributed by atoms with van der Waals surface area (Å²) >= 11 is 0. The van der Waals surface area contributed by atoms with Crippen LogP contribution in [0.5, 0.6) is 0 Å². The van der Waals surface area contributed by atoms with E-state index in [0.29, 0.717) is 0 Å². The van der Waals surface area contributed by atoms with Gasteiger partial charge in [0.2, 0.25) is 0 Å². The summed E-state index contributed by atoms with van der Waals surface area (Å²) in [5, 5.41) is 4.86. The van der Waals surface area contributed by atoms with E-state index in [4.69, 9.17) is 0 Å². The number of anilines is 1. The molecule has 0 saturated heterocycles. The second-order valence-corrected chi connectivity index (χ2v) is 4.66. The fraction of sp³-hybridized carbons (Fsp3) is 0.385. The normalized spacial score (nSPS) is 10.7. The molecule has 0 aliphatic carbocycles. The number of nitrogens with one attached hydrogen (secondary N) is 2. The van der Waals surface area contributed by atoms with Gasteiger partial charge < -0.3 is 15.4 Å². The molecule has 5 nitrogen and oxygen atoms in total. The average molecular weight is 268 g/mol. The van der Waals surface area contributed by atoms with Crippen LogP contribution in [0.2, 0.25) is 0 Å². The van der Waals surface area contributed by atoms with E-state index in [1.165, 1.54) is 25.3 Å². The third-order valence-corrected chi connectivity index (χ3v) is 2.55. The van der Waals surface area contributed by atoms with Crippen molar-refractivity contribution < 1.29 is 18.7 Å². The highest BCUT2D eigenvalue weighted by atomic mass is 19.1. The summed E-state index contributed by atoms with van der Waals surface area (Å²) in [6, 6.07) is 5.24. The maximum atomic E-state index is 13.3. The van der Waals surface area contributed by atoms with Gasteiger partial charge >= 0.3 is 12.0 Å². The first-order valence-corrected chi connectivity index (χ1v) is 5.74. The monoisotopic (exact) mass is 268 g/mol. The number of hydrogen-bond acceptors (Lipinski definition) is 3. The molecule has 0 heterocycles. The summed E-state index contributed by atoms with van der Waals surface area (Å²) in [5.41, 5.74) is -0.766. The average Bonchev–Trinajstić information content (AvgIpc) is 2.38. The largest absolute Gasteiger partial charge is 0.469 e. The molecule has 0 aromatic heterocycles. The molecule has 6 heteroatoms. The molecule has 0 saturated carbocycles. The number of benzene rings is 1. The van der Waals surface area contributed by atoms with Crippen molar-refractivity contribution in [2.45, 2.75) is 13.8 Å². The quantitative estimate of drug-likeness (QED) is 0.822. The second-order valence-electron chi connectivity index (χ2n) is 4.66. The summed E-state index contributed by atoms with van der Waals surface area (Å²) in [6.07, 6.45) is 0. The number of para-hydroxylation sites is 1. The van der Waals surface area contributed by atoms with E-state index in [9.17, 15) is 14.0 Å². The van der Waals surface area contributed by atoms with Crippen molar-refractivity contribution >= 4 is 17.7 Å². The van der Waals surface area contributed by atoms with Crippen molar-refractivity contribution in [1.82, 2.24) is 5.32 Å². The number of carbonyl (C=O) groups excluding carboxylic acids is 2. The van der Waals surface area contributed by atoms with E-state index in [-0.39, 0.29) is 12.2 Å². The number of amides is 2. The minimum atomic E-state index is -0.846. The SMILES string of the molecule is COC(=O)C(C)(C)CNC(=O)Nc1ccccc1F. The van der Waals surface area contributed by atoms with Crippen molar-refractivity contribution in [3.63, 3.8) is 0 Å². The predicted molar refractivity (Wildman–Crippen MR) is 69.2 cm³/mol. The van der Waals surface area contributed by atoms with Gasteiger partial charge in [0.15, 0.2) is 0 Å². The summed E-state index contributed by atoms with van der Waals surface area (Å²) in [6.45, 7) is 3.37. The van der Waals surface area contributed by atoms with Crippen LogP contribution in [0.1, 0.15) is 13.8 Å². The van der Waals surface area contributed by atoms with Gasteiger partial charge in [0.1, 0.15) is 5.82 Å². The van der Waals surface area contributed by atoms with Crippen molar-refractivity contribution in [3.8, 4) is 0 Å². The predicted octanol–water partition coefficient (Wildman–Crippen LogP) is 2.15. The van der Waals surface area contributed by atoms with Crippen molar-refractivity contribution in [2.24, 2.45) is 5.41 Å². The number of halogens is 1. The van der Waals surface area contributed by atoms with E-state index in [1.807, 2.05) is 0 Å². The van der Waals surface area contributed by atoms with Crippen molar-refractivity contribution in [1.29, 1.82) is 0 Å². The number of hydrogen-bond donors (Lipinski definition) is 2. The molecule has 19 heavy (non-hydrogen) atoms. The molecule has 1 rings (SSSR count). The minimum absolute atomic E-state index is 0.0795. The molecular formula is C13H17FN2O3. The highest BCUT2D eigenvalue weighted by Gasteiger charge is 2.29. The van der Waals surface area contributed by atoms with Gasteiger partial charge in [-0.2, -0.15) is 0 Å². The Balaban J connectivity index is 2.53. The lowest BCUT2D eigenvalue weighted by molar-refractivity contribution is -0.150. The summed E-state index contributed by atoms with van der Waals surface area (Å²) in [4.78, 5) is 23.0. The number of methoxy groups -OCH3 is 1. The third kappa shape index (κ3) is 4.24. The molecule has 1 aromatic carbocycles. The number of esters is 1. The van der Waals surface area contributed by atoms with Crippen LogP contribution < -0.4 is 10.6 Å². The molecular weight excluding hydrogens is 251 g/mol. The van der Waals surface area contributed by atoms with E-state index in [1.54, 1.807) is 19.9 Å². The van der Waals surface area contributed by atoms with Gasteiger partial charge in [0.25, 0.3) is 0 Å². The van der Waals surface area contributed by atoms with Gasteiger partial charge in [-0.1, -0.05) is 12.1 Å². The Morgan fingerprint density at radius 1 is 1.32 bits per heavy atom. The molecule has 1 aromatic rings. The molecule has 2 amide bonds. The number of rotatable bonds is 4. The van der Waals surface area contributed by atoms with E-state index < -0.39 is 23.2 Å². The van der Waals surface area contributed by atoms with E-state index in [0.717, 1.165) is 0 Å². The standard InChI is InChI=1S/C13H17FN2O3/c1-13(2,11(17)19-3)8-15-12(18)16-10-7-5-4-6-9(10)14/h4-7H,8H2,1-3H3,(H2,15,16,18). The zero-order chi connectivity index (χ0) is 14.5.